The molecule has 1 aliphatic heterocycles. The van der Waals surface area contributed by atoms with Gasteiger partial charge in [-0.1, -0.05) is 11.6 Å². The smallest absolute Gasteiger partial charge is 0.164 e. The number of morpholine rings is 1. The number of ether oxygens (including phenoxy) is 1. The van der Waals surface area contributed by atoms with Crippen LogP contribution in [-0.2, 0) is 11.8 Å². The maximum atomic E-state index is 6.25. The minimum Gasteiger partial charge on any atom is -0.377 e. The van der Waals surface area contributed by atoms with Gasteiger partial charge in [0.15, 0.2) is 5.82 Å². The molecule has 1 N–H and O–H groups in total. The fourth-order valence-corrected chi connectivity index (χ4v) is 3.89. The fraction of sp³-hybridized carbons (Fsp3) is 0.316. The Bertz CT molecular complexity index is 1150. The number of pyridine rings is 1. The molecule has 0 spiro atoms. The summed E-state index contributed by atoms with van der Waals surface area (Å²) in [7, 11) is 2.00. The summed E-state index contributed by atoms with van der Waals surface area (Å²) in [5, 5.41) is 2.41. The van der Waals surface area contributed by atoms with E-state index in [2.05, 4.69) is 27.9 Å². The predicted molar refractivity (Wildman–Crippen MR) is 106 cm³/mol. The van der Waals surface area contributed by atoms with Gasteiger partial charge >= 0.3 is 0 Å². The van der Waals surface area contributed by atoms with E-state index in [0.29, 0.717) is 24.2 Å². The van der Waals surface area contributed by atoms with E-state index in [-0.39, 0.29) is 6.04 Å². The third kappa shape index (κ3) is 2.65. The Kier molecular flexibility index (Phi) is 3.80. The van der Waals surface area contributed by atoms with Gasteiger partial charge in [-0.05, 0) is 25.1 Å². The lowest BCUT2D eigenvalue weighted by atomic mass is 10.1. The number of aryl methyl sites for hydroxylation is 1. The summed E-state index contributed by atoms with van der Waals surface area (Å²) in [6.45, 7) is 4.35. The molecule has 27 heavy (non-hydrogen) atoms. The van der Waals surface area contributed by atoms with Gasteiger partial charge in [0.25, 0.3) is 0 Å². The van der Waals surface area contributed by atoms with Crippen LogP contribution in [0.15, 0.2) is 30.6 Å². The first-order valence-corrected chi connectivity index (χ1v) is 9.31. The van der Waals surface area contributed by atoms with Crippen molar-refractivity contribution in [2.45, 2.75) is 13.0 Å². The van der Waals surface area contributed by atoms with Crippen LogP contribution in [0.1, 0.15) is 6.92 Å². The lowest BCUT2D eigenvalue weighted by molar-refractivity contribution is 0.0987. The number of anilines is 1. The highest BCUT2D eigenvalue weighted by Gasteiger charge is 2.25. The van der Waals surface area contributed by atoms with E-state index in [0.717, 1.165) is 40.0 Å². The molecule has 0 amide bonds. The topological polar surface area (TPSA) is 71.9 Å². The van der Waals surface area contributed by atoms with Crippen molar-refractivity contribution >= 4 is 39.5 Å². The second-order valence-electron chi connectivity index (χ2n) is 6.88. The van der Waals surface area contributed by atoms with Crippen molar-refractivity contribution in [1.29, 1.82) is 0 Å². The highest BCUT2D eigenvalue weighted by molar-refractivity contribution is 6.30. The third-order valence-corrected chi connectivity index (χ3v) is 5.28. The summed E-state index contributed by atoms with van der Waals surface area (Å²) < 4.78 is 7.63. The molecule has 4 aromatic heterocycles. The molecular formula is C19H19ClN6O. The summed E-state index contributed by atoms with van der Waals surface area (Å²) >= 11 is 6.25. The molecule has 8 heteroatoms. The van der Waals surface area contributed by atoms with E-state index in [4.69, 9.17) is 26.3 Å². The Labute approximate surface area is 160 Å². The first-order valence-electron chi connectivity index (χ1n) is 8.93. The molecule has 1 fully saturated rings. The summed E-state index contributed by atoms with van der Waals surface area (Å²) in [6, 6.07) is 6.12. The third-order valence-electron chi connectivity index (χ3n) is 5.08. The highest BCUT2D eigenvalue weighted by atomic mass is 35.5. The minimum absolute atomic E-state index is 0.248. The van der Waals surface area contributed by atoms with Crippen molar-refractivity contribution in [2.24, 2.45) is 7.05 Å². The molecule has 4 aromatic rings. The lowest BCUT2D eigenvalue weighted by Crippen LogP contribution is -2.44. The Hall–Kier alpha value is -2.64. The van der Waals surface area contributed by atoms with Crippen LogP contribution in [0.3, 0.4) is 0 Å². The van der Waals surface area contributed by atoms with Crippen LogP contribution in [0.4, 0.5) is 5.82 Å². The maximum Gasteiger partial charge on any atom is 0.164 e. The predicted octanol–water partition coefficient (Wildman–Crippen LogP) is 3.39. The van der Waals surface area contributed by atoms with Gasteiger partial charge in [0.2, 0.25) is 0 Å². The standard InChI is InChI=1S/C19H19ClN6O/c1-11-10-27-8-7-26(11)19-13-4-6-25(2)18(13)23-17(24-19)14-9-15(20)22-16-12(14)3-5-21-16/h3-6,9,11H,7-8,10H2,1-2H3,(H,21,22)/t11-/m1/s1. The van der Waals surface area contributed by atoms with Crippen LogP contribution in [0, 0.1) is 0 Å². The molecule has 0 saturated carbocycles. The molecule has 1 atom stereocenters. The van der Waals surface area contributed by atoms with Crippen molar-refractivity contribution in [3.63, 3.8) is 0 Å². The molecule has 0 bridgehead atoms. The fourth-order valence-electron chi connectivity index (χ4n) is 3.69. The van der Waals surface area contributed by atoms with Crippen LogP contribution in [0.5, 0.6) is 0 Å². The van der Waals surface area contributed by atoms with Gasteiger partial charge in [-0.2, -0.15) is 0 Å². The zero-order valence-corrected chi connectivity index (χ0v) is 15.9. The SMILES string of the molecule is C[C@@H]1COCCN1c1nc(-c2cc(Cl)nc3[nH]ccc23)nc2c1ccn2C. The molecule has 0 aliphatic carbocycles. The Morgan fingerprint density at radius 3 is 2.96 bits per heavy atom. The molecule has 0 unspecified atom stereocenters. The van der Waals surface area contributed by atoms with Crippen molar-refractivity contribution in [1.82, 2.24) is 24.5 Å². The zero-order valence-electron chi connectivity index (χ0n) is 15.1. The largest absolute Gasteiger partial charge is 0.377 e. The monoisotopic (exact) mass is 382 g/mol. The Balaban J connectivity index is 1.78. The second-order valence-corrected chi connectivity index (χ2v) is 7.27. The average Bonchev–Trinajstić information content (AvgIpc) is 3.28. The second kappa shape index (κ2) is 6.21. The number of nitrogens with one attached hydrogen (secondary N) is 1. The molecule has 0 radical (unpaired) electrons. The highest BCUT2D eigenvalue weighted by Crippen LogP contribution is 2.33. The number of fused-ring (bicyclic) bond motifs is 2. The molecule has 138 valence electrons. The van der Waals surface area contributed by atoms with Crippen LogP contribution >= 0.6 is 11.6 Å². The van der Waals surface area contributed by atoms with Gasteiger partial charge in [0.05, 0.1) is 24.6 Å². The number of aromatic nitrogens is 5. The average molecular weight is 383 g/mol. The zero-order chi connectivity index (χ0) is 18.5. The van der Waals surface area contributed by atoms with Crippen LogP contribution in [-0.4, -0.2) is 50.3 Å². The van der Waals surface area contributed by atoms with Crippen molar-refractivity contribution in [2.75, 3.05) is 24.7 Å². The van der Waals surface area contributed by atoms with E-state index in [1.807, 2.05) is 36.1 Å². The molecule has 5 rings (SSSR count). The molecule has 0 aromatic carbocycles. The number of hydrogen-bond acceptors (Lipinski definition) is 5. The van der Waals surface area contributed by atoms with Gasteiger partial charge < -0.3 is 19.2 Å². The van der Waals surface area contributed by atoms with Gasteiger partial charge in [-0.15, -0.1) is 0 Å². The first-order chi connectivity index (χ1) is 13.1. The van der Waals surface area contributed by atoms with E-state index < -0.39 is 0 Å². The minimum atomic E-state index is 0.248. The van der Waals surface area contributed by atoms with Crippen molar-refractivity contribution in [3.8, 4) is 11.4 Å². The lowest BCUT2D eigenvalue weighted by Gasteiger charge is -2.34. The normalized spacial score (nSPS) is 17.9. The Morgan fingerprint density at radius 1 is 1.22 bits per heavy atom. The number of hydrogen-bond donors (Lipinski definition) is 1. The van der Waals surface area contributed by atoms with Crippen LogP contribution < -0.4 is 4.90 Å². The van der Waals surface area contributed by atoms with E-state index in [9.17, 15) is 0 Å². The molecular weight excluding hydrogens is 364 g/mol. The first kappa shape index (κ1) is 16.5. The van der Waals surface area contributed by atoms with Gasteiger partial charge in [-0.25, -0.2) is 15.0 Å². The summed E-state index contributed by atoms with van der Waals surface area (Å²) in [4.78, 5) is 19.6. The van der Waals surface area contributed by atoms with Crippen LogP contribution in [0.25, 0.3) is 33.5 Å². The van der Waals surface area contributed by atoms with Crippen LogP contribution in [0.2, 0.25) is 5.15 Å². The number of aromatic amines is 1. The van der Waals surface area contributed by atoms with Gasteiger partial charge in [-0.3, -0.25) is 0 Å². The summed E-state index contributed by atoms with van der Waals surface area (Å²) in [6.07, 6.45) is 3.87. The van der Waals surface area contributed by atoms with E-state index in [1.54, 1.807) is 0 Å². The molecule has 7 nitrogen and oxygen atoms in total. The summed E-state index contributed by atoms with van der Waals surface area (Å²) in [5.74, 6) is 1.58. The van der Waals surface area contributed by atoms with Gasteiger partial charge in [0, 0.05) is 36.9 Å². The maximum absolute atomic E-state index is 6.25. The number of halogens is 1. The number of nitrogens with zero attached hydrogens (tertiary/aromatic N) is 5. The molecule has 5 heterocycles. The number of rotatable bonds is 2. The Morgan fingerprint density at radius 2 is 2.11 bits per heavy atom. The molecule has 1 aliphatic rings. The quantitative estimate of drug-likeness (QED) is 0.538. The molecule has 1 saturated heterocycles. The van der Waals surface area contributed by atoms with E-state index in [1.165, 1.54) is 0 Å². The van der Waals surface area contributed by atoms with Gasteiger partial charge in [0.1, 0.15) is 22.3 Å². The van der Waals surface area contributed by atoms with Crippen molar-refractivity contribution < 1.29 is 4.74 Å². The number of H-pyrrole nitrogens is 1. The van der Waals surface area contributed by atoms with E-state index >= 15 is 0 Å². The van der Waals surface area contributed by atoms with Crippen molar-refractivity contribution in [3.05, 3.63) is 35.7 Å². The summed E-state index contributed by atoms with van der Waals surface area (Å²) in [5.41, 5.74) is 2.50.